The Labute approximate surface area is 224 Å². The summed E-state index contributed by atoms with van der Waals surface area (Å²) in [5.74, 6) is 0.403. The van der Waals surface area contributed by atoms with E-state index in [1.165, 1.54) is 0 Å². The molecule has 1 aliphatic heterocycles. The van der Waals surface area contributed by atoms with E-state index in [0.717, 1.165) is 33.5 Å². The number of nitrogens with one attached hydrogen (secondary N) is 1. The summed E-state index contributed by atoms with van der Waals surface area (Å²) in [5, 5.41) is 1.74. The number of rotatable bonds is 9. The Morgan fingerprint density at radius 3 is 2.56 bits per heavy atom. The molecule has 0 aliphatic carbocycles. The second-order valence-electron chi connectivity index (χ2n) is 7.73. The van der Waals surface area contributed by atoms with Crippen LogP contribution in [0.3, 0.4) is 0 Å². The van der Waals surface area contributed by atoms with Crippen LogP contribution in [0, 0.1) is 0 Å². The Hall–Kier alpha value is -3.33. The number of carbonyl (C=O) groups is 2. The van der Waals surface area contributed by atoms with Crippen LogP contribution in [0.25, 0.3) is 6.08 Å². The van der Waals surface area contributed by atoms with E-state index in [1.807, 2.05) is 67.6 Å². The van der Waals surface area contributed by atoms with Crippen molar-refractivity contribution in [2.24, 2.45) is 0 Å². The van der Waals surface area contributed by atoms with Crippen molar-refractivity contribution in [3.8, 4) is 11.5 Å². The molecule has 3 aromatic carbocycles. The van der Waals surface area contributed by atoms with Crippen molar-refractivity contribution < 1.29 is 19.1 Å². The van der Waals surface area contributed by atoms with Crippen LogP contribution in [0.4, 0.5) is 0 Å². The highest BCUT2D eigenvalue weighted by Gasteiger charge is 2.33. The molecule has 0 bridgehead atoms. The molecule has 2 amide bonds. The summed E-state index contributed by atoms with van der Waals surface area (Å²) in [6.07, 6.45) is 1.85. The molecular weight excluding hydrogens is 516 g/mol. The van der Waals surface area contributed by atoms with E-state index in [2.05, 4.69) is 5.43 Å². The van der Waals surface area contributed by atoms with Gasteiger partial charge in [-0.15, -0.1) is 0 Å². The maximum absolute atomic E-state index is 12.9. The highest BCUT2D eigenvalue weighted by Crippen LogP contribution is 2.34. The normalized spacial score (nSPS) is 14.3. The number of hydrogen-bond acceptors (Lipinski definition) is 6. The van der Waals surface area contributed by atoms with Crippen LogP contribution in [-0.4, -0.2) is 27.8 Å². The molecule has 0 spiro atoms. The molecule has 184 valence electrons. The average Bonchev–Trinajstić information content (AvgIpc) is 3.12. The number of thioether (sulfide) groups is 1. The van der Waals surface area contributed by atoms with Gasteiger partial charge in [-0.05, 0) is 54.5 Å². The van der Waals surface area contributed by atoms with Crippen LogP contribution in [0.1, 0.15) is 23.6 Å². The number of thiocarbonyl (C=S) groups is 1. The lowest BCUT2D eigenvalue weighted by molar-refractivity contribution is -0.132. The lowest BCUT2D eigenvalue weighted by Crippen LogP contribution is -2.45. The maximum atomic E-state index is 12.9. The first-order valence-corrected chi connectivity index (χ1v) is 12.8. The van der Waals surface area contributed by atoms with Crippen LogP contribution < -0.4 is 14.9 Å². The van der Waals surface area contributed by atoms with Gasteiger partial charge in [0.15, 0.2) is 15.8 Å². The molecule has 0 saturated carbocycles. The summed E-state index contributed by atoms with van der Waals surface area (Å²) in [6.45, 7) is 2.62. The molecule has 1 N–H and O–H groups in total. The van der Waals surface area contributed by atoms with Crippen molar-refractivity contribution in [2.75, 3.05) is 6.61 Å². The van der Waals surface area contributed by atoms with E-state index in [4.69, 9.17) is 33.3 Å². The summed E-state index contributed by atoms with van der Waals surface area (Å²) >= 11 is 12.7. The van der Waals surface area contributed by atoms with Gasteiger partial charge in [0.1, 0.15) is 6.61 Å². The Kier molecular flexibility index (Phi) is 8.64. The summed E-state index contributed by atoms with van der Waals surface area (Å²) in [5.41, 5.74) is 5.05. The van der Waals surface area contributed by atoms with Crippen molar-refractivity contribution in [1.29, 1.82) is 0 Å². The van der Waals surface area contributed by atoms with Crippen LogP contribution in [0.2, 0.25) is 5.02 Å². The summed E-state index contributed by atoms with van der Waals surface area (Å²) < 4.78 is 12.0. The van der Waals surface area contributed by atoms with Crippen molar-refractivity contribution >= 4 is 57.8 Å². The zero-order valence-electron chi connectivity index (χ0n) is 19.4. The second kappa shape index (κ2) is 12.1. The third kappa shape index (κ3) is 6.46. The smallest absolute Gasteiger partial charge is 0.285 e. The number of amides is 2. The predicted molar refractivity (Wildman–Crippen MR) is 147 cm³/mol. The topological polar surface area (TPSA) is 67.9 Å². The van der Waals surface area contributed by atoms with Gasteiger partial charge in [0, 0.05) is 10.6 Å². The molecule has 0 aromatic heterocycles. The molecule has 6 nitrogen and oxygen atoms in total. The fourth-order valence-electron chi connectivity index (χ4n) is 3.43. The molecule has 1 heterocycles. The largest absolute Gasteiger partial charge is 0.490 e. The molecule has 0 radical (unpaired) electrons. The SMILES string of the molecule is CCOc1cc(/C=C2\SC(=S)N(NC(=O)Cc3ccccc3)C2=O)ccc1OCc1ccccc1Cl. The van der Waals surface area contributed by atoms with Crippen molar-refractivity contribution in [1.82, 2.24) is 10.4 Å². The van der Waals surface area contributed by atoms with E-state index < -0.39 is 0 Å². The Morgan fingerprint density at radius 1 is 1.06 bits per heavy atom. The fourth-order valence-corrected chi connectivity index (χ4v) is 4.80. The monoisotopic (exact) mass is 538 g/mol. The number of benzene rings is 3. The van der Waals surface area contributed by atoms with E-state index in [9.17, 15) is 9.59 Å². The summed E-state index contributed by atoms with van der Waals surface area (Å²) in [4.78, 5) is 25.8. The minimum atomic E-state index is -0.386. The van der Waals surface area contributed by atoms with E-state index in [1.54, 1.807) is 18.2 Å². The first-order chi connectivity index (χ1) is 17.4. The zero-order valence-corrected chi connectivity index (χ0v) is 21.8. The number of ether oxygens (including phenoxy) is 2. The number of hydrazine groups is 1. The molecule has 36 heavy (non-hydrogen) atoms. The van der Waals surface area contributed by atoms with Gasteiger partial charge in [-0.1, -0.05) is 78.0 Å². The van der Waals surface area contributed by atoms with Crippen molar-refractivity contribution in [3.05, 3.63) is 99.4 Å². The summed E-state index contributed by atoms with van der Waals surface area (Å²) in [6, 6.07) is 22.2. The minimum Gasteiger partial charge on any atom is -0.490 e. The molecule has 4 rings (SSSR count). The number of carbonyl (C=O) groups excluding carboxylic acids is 2. The van der Waals surface area contributed by atoms with Crippen LogP contribution >= 0.6 is 35.6 Å². The molecule has 9 heteroatoms. The zero-order chi connectivity index (χ0) is 25.5. The first-order valence-electron chi connectivity index (χ1n) is 11.2. The predicted octanol–water partition coefficient (Wildman–Crippen LogP) is 5.79. The second-order valence-corrected chi connectivity index (χ2v) is 9.82. The third-order valence-electron chi connectivity index (χ3n) is 5.14. The van der Waals surface area contributed by atoms with Crippen molar-refractivity contribution in [3.63, 3.8) is 0 Å². The maximum Gasteiger partial charge on any atom is 0.285 e. The van der Waals surface area contributed by atoms with Crippen LogP contribution in [0.15, 0.2) is 77.7 Å². The molecule has 3 aromatic rings. The Morgan fingerprint density at radius 2 is 1.81 bits per heavy atom. The first kappa shape index (κ1) is 25.8. The van der Waals surface area contributed by atoms with Gasteiger partial charge < -0.3 is 9.47 Å². The van der Waals surface area contributed by atoms with Crippen LogP contribution in [0.5, 0.6) is 11.5 Å². The van der Waals surface area contributed by atoms with Gasteiger partial charge in [0.25, 0.3) is 5.91 Å². The average molecular weight is 539 g/mol. The number of nitrogens with zero attached hydrogens (tertiary/aromatic N) is 1. The quantitative estimate of drug-likeness (QED) is 0.274. The van der Waals surface area contributed by atoms with E-state index >= 15 is 0 Å². The highest BCUT2D eigenvalue weighted by atomic mass is 35.5. The Bertz CT molecular complexity index is 1310. The van der Waals surface area contributed by atoms with Gasteiger partial charge >= 0.3 is 0 Å². The van der Waals surface area contributed by atoms with Crippen LogP contribution in [-0.2, 0) is 22.6 Å². The standard InChI is InChI=1S/C27H23ClN2O4S2/c1-2-33-23-14-19(12-13-22(23)34-17-20-10-6-7-11-21(20)28)15-24-26(32)30(27(35)36-24)29-25(31)16-18-8-4-3-5-9-18/h3-15H,2,16-17H2,1H3,(H,29,31)/b24-15-. The van der Waals surface area contributed by atoms with Gasteiger partial charge in [-0.25, -0.2) is 0 Å². The van der Waals surface area contributed by atoms with Gasteiger partial charge in [-0.3, -0.25) is 15.0 Å². The Balaban J connectivity index is 1.46. The van der Waals surface area contributed by atoms with E-state index in [0.29, 0.717) is 34.6 Å². The molecule has 1 fully saturated rings. The number of hydrogen-bond donors (Lipinski definition) is 1. The molecule has 1 aliphatic rings. The van der Waals surface area contributed by atoms with Gasteiger partial charge in [0.2, 0.25) is 5.91 Å². The number of halogens is 1. The van der Waals surface area contributed by atoms with Gasteiger partial charge in [-0.2, -0.15) is 5.01 Å². The molecular formula is C27H23ClN2O4S2. The van der Waals surface area contributed by atoms with E-state index in [-0.39, 0.29) is 22.6 Å². The fraction of sp³-hybridized carbons (Fsp3) is 0.148. The molecule has 1 saturated heterocycles. The highest BCUT2D eigenvalue weighted by molar-refractivity contribution is 8.26. The lowest BCUT2D eigenvalue weighted by atomic mass is 10.1. The molecule has 0 atom stereocenters. The minimum absolute atomic E-state index is 0.143. The van der Waals surface area contributed by atoms with Gasteiger partial charge in [0.05, 0.1) is 17.9 Å². The molecule has 0 unspecified atom stereocenters. The summed E-state index contributed by atoms with van der Waals surface area (Å²) in [7, 11) is 0. The lowest BCUT2D eigenvalue weighted by Gasteiger charge is -2.15. The van der Waals surface area contributed by atoms with Crippen molar-refractivity contribution in [2.45, 2.75) is 20.0 Å². The third-order valence-corrected chi connectivity index (χ3v) is 6.81.